The molecule has 2 amide bonds. The first-order valence-electron chi connectivity index (χ1n) is 11.0. The third kappa shape index (κ3) is 5.61. The number of ether oxygens (including phenoxy) is 2. The first-order chi connectivity index (χ1) is 17.1. The number of nitrogens with two attached hydrogens (primary N) is 1. The number of H-pyrrole nitrogens is 1. The van der Waals surface area contributed by atoms with Gasteiger partial charge in [0.05, 0.1) is 19.9 Å². The highest BCUT2D eigenvalue weighted by Gasteiger charge is 2.48. The summed E-state index contributed by atoms with van der Waals surface area (Å²) < 4.78 is 28.1. The molecule has 0 saturated carbocycles. The number of aliphatic hydroxyl groups is 2. The maximum atomic E-state index is 12.8. The number of nitrogens with zero attached hydrogens (tertiary/aromatic N) is 1. The lowest BCUT2D eigenvalue weighted by atomic mass is 10.1. The molecule has 0 spiro atoms. The zero-order valence-electron chi connectivity index (χ0n) is 19.2. The van der Waals surface area contributed by atoms with Crippen LogP contribution in [0, 0.1) is 0 Å². The van der Waals surface area contributed by atoms with Crippen molar-refractivity contribution < 1.29 is 43.3 Å². The molecule has 196 valence electrons. The van der Waals surface area contributed by atoms with Crippen molar-refractivity contribution in [3.05, 3.63) is 48.3 Å². The van der Waals surface area contributed by atoms with Crippen LogP contribution in [0.2, 0.25) is 0 Å². The smallest absolute Gasteiger partial charge is 0.403 e. The molecule has 8 N–H and O–H groups in total. The largest absolute Gasteiger partial charge is 0.468 e. The van der Waals surface area contributed by atoms with E-state index < -0.39 is 63.1 Å². The van der Waals surface area contributed by atoms with Crippen LogP contribution in [0.1, 0.15) is 5.56 Å². The molecule has 14 nitrogen and oxygen atoms in total. The number of benzene rings is 1. The molecule has 1 saturated heterocycles. The zero-order valence-corrected chi connectivity index (χ0v) is 20.1. The monoisotopic (exact) mass is 525 g/mol. The number of carbonyl (C=O) groups excluding carboxylic acids is 2. The van der Waals surface area contributed by atoms with Gasteiger partial charge in [0.2, 0.25) is 0 Å². The molecule has 1 aromatic carbocycles. The highest BCUT2D eigenvalue weighted by atomic mass is 31.2. The van der Waals surface area contributed by atoms with Crippen molar-refractivity contribution in [3.8, 4) is 0 Å². The Balaban J connectivity index is 1.40. The fraction of sp³-hybridized carbons (Fsp3) is 0.429. The van der Waals surface area contributed by atoms with Gasteiger partial charge in [0, 0.05) is 29.7 Å². The number of rotatable bonds is 9. The van der Waals surface area contributed by atoms with Gasteiger partial charge in [0.1, 0.15) is 24.4 Å². The van der Waals surface area contributed by atoms with Gasteiger partial charge in [0.25, 0.3) is 0 Å². The van der Waals surface area contributed by atoms with Gasteiger partial charge in [-0.25, -0.2) is 14.4 Å². The number of hydrogen-bond acceptors (Lipinski definition) is 9. The van der Waals surface area contributed by atoms with Crippen LogP contribution in [0.3, 0.4) is 0 Å². The van der Waals surface area contributed by atoms with Gasteiger partial charge < -0.3 is 40.6 Å². The van der Waals surface area contributed by atoms with Crippen molar-refractivity contribution in [2.24, 2.45) is 5.73 Å². The van der Waals surface area contributed by atoms with Gasteiger partial charge >= 0.3 is 19.7 Å². The number of aliphatic hydroxyl groups excluding tert-OH is 2. The summed E-state index contributed by atoms with van der Waals surface area (Å²) in [4.78, 5) is 38.9. The van der Waals surface area contributed by atoms with E-state index in [-0.39, 0.29) is 6.42 Å². The van der Waals surface area contributed by atoms with E-state index >= 15 is 0 Å². The number of urea groups is 1. The highest BCUT2D eigenvalue weighted by molar-refractivity contribution is 7.50. The number of esters is 1. The summed E-state index contributed by atoms with van der Waals surface area (Å²) >= 11 is 0. The van der Waals surface area contributed by atoms with Crippen LogP contribution in [-0.2, 0) is 29.8 Å². The first-order valence-corrected chi connectivity index (χ1v) is 12.6. The van der Waals surface area contributed by atoms with Gasteiger partial charge in [-0.3, -0.25) is 14.2 Å². The number of hydrogen-bond donors (Lipinski definition) is 7. The Labute approximate surface area is 205 Å². The number of aromatic amines is 1. The van der Waals surface area contributed by atoms with Gasteiger partial charge in [0.15, 0.2) is 6.23 Å². The Morgan fingerprint density at radius 1 is 1.33 bits per heavy atom. The second-order valence-corrected chi connectivity index (χ2v) is 9.91. The molecule has 0 bridgehead atoms. The number of carbonyl (C=O) groups is 2. The normalized spacial score (nSPS) is 28.6. The minimum absolute atomic E-state index is 0.0203. The number of methoxy groups -OCH3 is 1. The molecule has 3 heterocycles. The predicted molar refractivity (Wildman–Crippen MR) is 125 cm³/mol. The van der Waals surface area contributed by atoms with E-state index in [2.05, 4.69) is 15.4 Å². The molecular formula is C21H28N5O9P. The van der Waals surface area contributed by atoms with Crippen molar-refractivity contribution >= 4 is 30.6 Å². The Morgan fingerprint density at radius 3 is 2.81 bits per heavy atom. The summed E-state index contributed by atoms with van der Waals surface area (Å²) in [7, 11) is -3.47. The van der Waals surface area contributed by atoms with Crippen LogP contribution in [0.5, 0.6) is 0 Å². The molecule has 0 radical (unpaired) electrons. The van der Waals surface area contributed by atoms with E-state index in [0.29, 0.717) is 5.56 Å². The topological polar surface area (TPSA) is 209 Å². The van der Waals surface area contributed by atoms with Crippen LogP contribution in [-0.4, -0.2) is 87.5 Å². The molecular weight excluding hydrogens is 497 g/mol. The van der Waals surface area contributed by atoms with Crippen LogP contribution >= 0.6 is 7.75 Å². The summed E-state index contributed by atoms with van der Waals surface area (Å²) in [6.07, 6.45) is -1.86. The van der Waals surface area contributed by atoms with Crippen molar-refractivity contribution in [1.82, 2.24) is 20.3 Å². The molecule has 4 rings (SSSR count). The van der Waals surface area contributed by atoms with E-state index in [9.17, 15) is 29.3 Å². The Kier molecular flexibility index (Phi) is 7.78. The molecule has 7 unspecified atom stereocenters. The SMILES string of the molecule is COC(=O)C(Cc1c[nH]c2ccccc12)NP(=O)(O)OCC1OC(N2C=CC(N)NC2=O)C(O)C1O. The summed E-state index contributed by atoms with van der Waals surface area (Å²) in [5, 5.41) is 26.2. The Morgan fingerprint density at radius 2 is 2.08 bits per heavy atom. The van der Waals surface area contributed by atoms with E-state index in [1.54, 1.807) is 6.20 Å². The molecule has 2 aliphatic heterocycles. The quantitative estimate of drug-likeness (QED) is 0.160. The van der Waals surface area contributed by atoms with E-state index in [1.165, 1.54) is 12.3 Å². The lowest BCUT2D eigenvalue weighted by Gasteiger charge is -2.31. The standard InChI is InChI=1S/C21H28N5O9P/c1-33-20(29)14(8-11-9-23-13-5-3-2-4-12(11)13)25-36(31,32)34-10-15-17(27)18(28)19(35-15)26-7-6-16(22)24-21(26)30/h2-7,9,14-19,23,27-28H,8,10,22H2,1H3,(H,24,30)(H2,25,31,32). The molecule has 7 atom stereocenters. The van der Waals surface area contributed by atoms with Crippen LogP contribution in [0.25, 0.3) is 10.9 Å². The maximum Gasteiger partial charge on any atom is 0.403 e. The number of fused-ring (bicyclic) bond motifs is 1. The average molecular weight is 525 g/mol. The van der Waals surface area contributed by atoms with Crippen LogP contribution < -0.4 is 16.1 Å². The zero-order chi connectivity index (χ0) is 26.0. The molecule has 36 heavy (non-hydrogen) atoms. The lowest BCUT2D eigenvalue weighted by molar-refractivity contribution is -0.142. The van der Waals surface area contributed by atoms with Crippen molar-refractivity contribution in [3.63, 3.8) is 0 Å². The Bertz CT molecular complexity index is 1190. The number of para-hydroxylation sites is 1. The minimum Gasteiger partial charge on any atom is -0.468 e. The second kappa shape index (κ2) is 10.7. The van der Waals surface area contributed by atoms with E-state index in [4.69, 9.17) is 19.7 Å². The summed E-state index contributed by atoms with van der Waals surface area (Å²) in [6.45, 7) is -0.630. The second-order valence-electron chi connectivity index (χ2n) is 8.35. The maximum absolute atomic E-state index is 12.8. The van der Waals surface area contributed by atoms with Gasteiger partial charge in [-0.2, -0.15) is 0 Å². The third-order valence-electron chi connectivity index (χ3n) is 5.91. The van der Waals surface area contributed by atoms with Gasteiger partial charge in [-0.1, -0.05) is 18.2 Å². The first kappa shape index (κ1) is 26.3. The minimum atomic E-state index is -4.62. The van der Waals surface area contributed by atoms with Crippen molar-refractivity contribution in [2.45, 2.75) is 43.2 Å². The van der Waals surface area contributed by atoms with Crippen LogP contribution in [0.15, 0.2) is 42.7 Å². The van der Waals surface area contributed by atoms with Crippen molar-refractivity contribution in [2.75, 3.05) is 13.7 Å². The van der Waals surface area contributed by atoms with Gasteiger partial charge in [-0.05, 0) is 17.7 Å². The highest BCUT2D eigenvalue weighted by Crippen LogP contribution is 2.39. The molecule has 15 heteroatoms. The molecule has 0 aliphatic carbocycles. The lowest BCUT2D eigenvalue weighted by Crippen LogP contribution is -2.55. The number of amides is 2. The predicted octanol–water partition coefficient (Wildman–Crippen LogP) is -0.771. The molecule has 1 aromatic heterocycles. The van der Waals surface area contributed by atoms with Gasteiger partial charge in [-0.15, -0.1) is 0 Å². The molecule has 2 aromatic rings. The Hall–Kier alpha value is -2.81. The molecule has 1 fully saturated rings. The number of aromatic nitrogens is 1. The molecule has 2 aliphatic rings. The van der Waals surface area contributed by atoms with E-state index in [1.807, 2.05) is 24.3 Å². The van der Waals surface area contributed by atoms with E-state index in [0.717, 1.165) is 22.9 Å². The third-order valence-corrected chi connectivity index (χ3v) is 7.04. The fourth-order valence-electron chi connectivity index (χ4n) is 4.07. The average Bonchev–Trinajstić information content (AvgIpc) is 3.37. The van der Waals surface area contributed by atoms with Crippen LogP contribution in [0.4, 0.5) is 4.79 Å². The summed E-state index contributed by atoms with van der Waals surface area (Å²) in [5.74, 6) is -0.785. The number of nitrogens with one attached hydrogen (secondary N) is 3. The summed E-state index contributed by atoms with van der Waals surface area (Å²) in [5.41, 5.74) is 7.14. The summed E-state index contributed by atoms with van der Waals surface area (Å²) in [6, 6.07) is 5.48. The van der Waals surface area contributed by atoms with Crippen molar-refractivity contribution in [1.29, 1.82) is 0 Å². The fourth-order valence-corrected chi connectivity index (χ4v) is 5.08.